The minimum Gasteiger partial charge on any atom is -0.355 e. The van der Waals surface area contributed by atoms with Gasteiger partial charge >= 0.3 is 0 Å². The van der Waals surface area contributed by atoms with Gasteiger partial charge in [-0.3, -0.25) is 14.0 Å². The zero-order valence-electron chi connectivity index (χ0n) is 18.6. The van der Waals surface area contributed by atoms with Gasteiger partial charge in [0.2, 0.25) is 11.7 Å². The molecule has 3 aromatic carbocycles. The molecule has 5 aromatic rings. The van der Waals surface area contributed by atoms with Gasteiger partial charge in [-0.1, -0.05) is 71.9 Å². The van der Waals surface area contributed by atoms with Crippen molar-refractivity contribution in [1.82, 2.24) is 24.5 Å². The number of nitrogens with zero attached hydrogens (tertiary/aromatic N) is 4. The van der Waals surface area contributed by atoms with Gasteiger partial charge in [0.25, 0.3) is 5.56 Å². The molecule has 34 heavy (non-hydrogen) atoms. The minimum atomic E-state index is -0.158. The Morgan fingerprint density at radius 2 is 1.68 bits per heavy atom. The van der Waals surface area contributed by atoms with Crippen LogP contribution in [0, 0.1) is 6.92 Å². The predicted octanol–water partition coefficient (Wildman–Crippen LogP) is 3.79. The Labute approximate surface area is 200 Å². The number of hydrogen-bond donors (Lipinski definition) is 1. The molecule has 1 N–H and O–H groups in total. The highest BCUT2D eigenvalue weighted by Crippen LogP contribution is 2.23. The van der Waals surface area contributed by atoms with E-state index in [9.17, 15) is 9.59 Å². The van der Waals surface area contributed by atoms with Crippen molar-refractivity contribution in [3.63, 3.8) is 0 Å². The van der Waals surface area contributed by atoms with Crippen molar-refractivity contribution in [2.45, 2.75) is 18.5 Å². The first kappa shape index (κ1) is 21.9. The van der Waals surface area contributed by atoms with Crippen molar-refractivity contribution in [3.05, 3.63) is 100 Å². The van der Waals surface area contributed by atoms with Crippen LogP contribution in [0.1, 0.15) is 11.1 Å². The van der Waals surface area contributed by atoms with Crippen molar-refractivity contribution in [2.75, 3.05) is 12.3 Å². The number of aryl methyl sites for hydroxylation is 1. The third-order valence-electron chi connectivity index (χ3n) is 5.60. The van der Waals surface area contributed by atoms with Crippen molar-refractivity contribution in [1.29, 1.82) is 0 Å². The number of benzene rings is 3. The van der Waals surface area contributed by atoms with Crippen LogP contribution in [0.3, 0.4) is 0 Å². The SMILES string of the molecule is Cc1ccc(-n2c(=O)c3ccccc3n3c(SCC(=O)NCCc4ccccc4)nnc23)cc1. The molecular weight excluding hydrogens is 446 g/mol. The van der Waals surface area contributed by atoms with Gasteiger partial charge in [0.05, 0.1) is 22.3 Å². The van der Waals surface area contributed by atoms with E-state index in [4.69, 9.17) is 0 Å². The molecule has 7 nitrogen and oxygen atoms in total. The van der Waals surface area contributed by atoms with Crippen LogP contribution >= 0.6 is 11.8 Å². The van der Waals surface area contributed by atoms with Crippen LogP contribution in [-0.4, -0.2) is 37.4 Å². The smallest absolute Gasteiger partial charge is 0.267 e. The molecule has 0 unspecified atom stereocenters. The summed E-state index contributed by atoms with van der Waals surface area (Å²) in [6.07, 6.45) is 0.776. The topological polar surface area (TPSA) is 81.3 Å². The Balaban J connectivity index is 1.43. The van der Waals surface area contributed by atoms with Crippen molar-refractivity contribution in [2.24, 2.45) is 0 Å². The third-order valence-corrected chi connectivity index (χ3v) is 6.53. The second kappa shape index (κ2) is 9.52. The van der Waals surface area contributed by atoms with Gasteiger partial charge < -0.3 is 5.32 Å². The van der Waals surface area contributed by atoms with E-state index in [1.165, 1.54) is 17.3 Å². The lowest BCUT2D eigenvalue weighted by Gasteiger charge is -2.11. The Bertz CT molecular complexity index is 1520. The highest BCUT2D eigenvalue weighted by Gasteiger charge is 2.18. The van der Waals surface area contributed by atoms with Crippen LogP contribution in [0.5, 0.6) is 0 Å². The molecule has 2 heterocycles. The van der Waals surface area contributed by atoms with E-state index in [1.807, 2.05) is 84.1 Å². The number of carbonyl (C=O) groups excluding carboxylic acids is 1. The molecule has 2 aromatic heterocycles. The molecule has 0 aliphatic carbocycles. The largest absolute Gasteiger partial charge is 0.355 e. The second-order valence-electron chi connectivity index (χ2n) is 7.99. The Morgan fingerprint density at radius 3 is 2.47 bits per heavy atom. The van der Waals surface area contributed by atoms with Crippen molar-refractivity contribution < 1.29 is 4.79 Å². The fourth-order valence-corrected chi connectivity index (χ4v) is 4.64. The van der Waals surface area contributed by atoms with Crippen molar-refractivity contribution >= 4 is 34.3 Å². The molecule has 0 atom stereocenters. The second-order valence-corrected chi connectivity index (χ2v) is 8.93. The van der Waals surface area contributed by atoms with E-state index >= 15 is 0 Å². The zero-order valence-corrected chi connectivity index (χ0v) is 19.5. The van der Waals surface area contributed by atoms with Crippen LogP contribution < -0.4 is 10.9 Å². The van der Waals surface area contributed by atoms with Crippen LogP contribution in [0.15, 0.2) is 88.8 Å². The van der Waals surface area contributed by atoms with Crippen LogP contribution in [0.4, 0.5) is 0 Å². The van der Waals surface area contributed by atoms with E-state index < -0.39 is 0 Å². The van der Waals surface area contributed by atoms with Crippen LogP contribution in [-0.2, 0) is 11.2 Å². The molecule has 0 aliphatic heterocycles. The molecule has 0 saturated heterocycles. The summed E-state index contributed by atoms with van der Waals surface area (Å²) in [5.41, 5.74) is 3.55. The van der Waals surface area contributed by atoms with E-state index in [0.29, 0.717) is 34.1 Å². The summed E-state index contributed by atoms with van der Waals surface area (Å²) in [5, 5.41) is 12.7. The predicted molar refractivity (Wildman–Crippen MR) is 135 cm³/mol. The van der Waals surface area contributed by atoms with Gasteiger partial charge in [0.1, 0.15) is 0 Å². The van der Waals surface area contributed by atoms with Gasteiger partial charge in [0.15, 0.2) is 5.16 Å². The molecule has 170 valence electrons. The Kier molecular flexibility index (Phi) is 6.14. The summed E-state index contributed by atoms with van der Waals surface area (Å²) in [6.45, 7) is 2.57. The number of hydrogen-bond acceptors (Lipinski definition) is 5. The third kappa shape index (κ3) is 4.32. The molecule has 0 bridgehead atoms. The first-order chi connectivity index (χ1) is 16.6. The molecule has 0 radical (unpaired) electrons. The number of para-hydroxylation sites is 1. The highest BCUT2D eigenvalue weighted by molar-refractivity contribution is 7.99. The van der Waals surface area contributed by atoms with E-state index in [1.54, 1.807) is 10.6 Å². The summed E-state index contributed by atoms with van der Waals surface area (Å²) in [6, 6.07) is 25.1. The van der Waals surface area contributed by atoms with Crippen molar-refractivity contribution in [3.8, 4) is 5.69 Å². The zero-order chi connectivity index (χ0) is 23.5. The molecule has 0 saturated carbocycles. The summed E-state index contributed by atoms with van der Waals surface area (Å²) < 4.78 is 3.41. The van der Waals surface area contributed by atoms with Gasteiger partial charge in [-0.25, -0.2) is 4.57 Å². The average molecular weight is 470 g/mol. The van der Waals surface area contributed by atoms with Crippen LogP contribution in [0.2, 0.25) is 0 Å². The molecule has 0 fully saturated rings. The number of amides is 1. The van der Waals surface area contributed by atoms with Crippen LogP contribution in [0.25, 0.3) is 22.4 Å². The maximum absolute atomic E-state index is 13.3. The van der Waals surface area contributed by atoms with Gasteiger partial charge in [-0.15, -0.1) is 10.2 Å². The lowest BCUT2D eigenvalue weighted by molar-refractivity contribution is -0.118. The molecule has 0 spiro atoms. The van der Waals surface area contributed by atoms with Gasteiger partial charge in [-0.05, 0) is 43.2 Å². The fourth-order valence-electron chi connectivity index (χ4n) is 3.87. The monoisotopic (exact) mass is 469 g/mol. The molecule has 5 rings (SSSR count). The first-order valence-corrected chi connectivity index (χ1v) is 12.0. The molecule has 8 heteroatoms. The lowest BCUT2D eigenvalue weighted by atomic mass is 10.1. The Morgan fingerprint density at radius 1 is 0.941 bits per heavy atom. The summed E-state index contributed by atoms with van der Waals surface area (Å²) in [7, 11) is 0. The maximum atomic E-state index is 13.3. The number of rotatable bonds is 7. The van der Waals surface area contributed by atoms with E-state index in [-0.39, 0.29) is 17.2 Å². The quantitative estimate of drug-likeness (QED) is 0.367. The lowest BCUT2D eigenvalue weighted by Crippen LogP contribution is -2.27. The summed E-state index contributed by atoms with van der Waals surface area (Å²) in [5.74, 6) is 0.543. The number of thioether (sulfide) groups is 1. The fraction of sp³-hybridized carbons (Fsp3) is 0.154. The van der Waals surface area contributed by atoms with Gasteiger partial charge in [0, 0.05) is 6.54 Å². The first-order valence-electron chi connectivity index (χ1n) is 11.0. The number of carbonyl (C=O) groups is 1. The standard InChI is InChI=1S/C26H23N5O2S/c1-18-11-13-20(14-12-18)30-24(33)21-9-5-6-10-22(21)31-25(30)28-29-26(31)34-17-23(32)27-16-15-19-7-3-2-4-8-19/h2-14H,15-17H2,1H3,(H,27,32). The normalized spacial score (nSPS) is 11.2. The highest BCUT2D eigenvalue weighted by atomic mass is 32.2. The number of fused-ring (bicyclic) bond motifs is 3. The van der Waals surface area contributed by atoms with E-state index in [2.05, 4.69) is 15.5 Å². The maximum Gasteiger partial charge on any atom is 0.267 e. The van der Waals surface area contributed by atoms with E-state index in [0.717, 1.165) is 12.0 Å². The molecular formula is C26H23N5O2S. The molecule has 0 aliphatic rings. The summed E-state index contributed by atoms with van der Waals surface area (Å²) in [4.78, 5) is 25.8. The minimum absolute atomic E-state index is 0.0751. The number of nitrogens with one attached hydrogen (secondary N) is 1. The molecule has 1 amide bonds. The Hall–Kier alpha value is -3.91. The number of aromatic nitrogens is 4. The van der Waals surface area contributed by atoms with Gasteiger partial charge in [-0.2, -0.15) is 0 Å². The summed E-state index contributed by atoms with van der Waals surface area (Å²) >= 11 is 1.30. The average Bonchev–Trinajstić information content (AvgIpc) is 3.28.